The number of benzene rings is 3. The number of nitrogens with one attached hydrogen (secondary N) is 1. The molecule has 3 aromatic carbocycles. The van der Waals surface area contributed by atoms with E-state index in [0.717, 1.165) is 0 Å². The Morgan fingerprint density at radius 2 is 1.61 bits per heavy atom. The van der Waals surface area contributed by atoms with Gasteiger partial charge in [-0.2, -0.15) is 4.98 Å². The van der Waals surface area contributed by atoms with Gasteiger partial charge >= 0.3 is 0 Å². The summed E-state index contributed by atoms with van der Waals surface area (Å²) in [6, 6.07) is 12.8. The SMILES string of the molecule is Fc1cc([C@H](Nc2nc3ccc(Cl)cc3o2)c2ccc(Cl)cc2F)ccc1Cl. The molecule has 3 nitrogen and oxygen atoms in total. The fourth-order valence-corrected chi connectivity index (χ4v) is 3.29. The molecule has 142 valence electrons. The minimum Gasteiger partial charge on any atom is -0.423 e. The average Bonchev–Trinajstić information content (AvgIpc) is 3.04. The van der Waals surface area contributed by atoms with Crippen molar-refractivity contribution in [3.63, 3.8) is 0 Å². The summed E-state index contributed by atoms with van der Waals surface area (Å²) in [5.74, 6) is -1.18. The average molecular weight is 440 g/mol. The Kier molecular flexibility index (Phi) is 5.15. The molecule has 0 aliphatic carbocycles. The number of hydrogen-bond acceptors (Lipinski definition) is 3. The van der Waals surface area contributed by atoms with Gasteiger partial charge in [-0.15, -0.1) is 0 Å². The van der Waals surface area contributed by atoms with Crippen LogP contribution < -0.4 is 5.32 Å². The minimum absolute atomic E-state index is 0.0319. The quantitative estimate of drug-likeness (QED) is 0.363. The molecule has 1 aromatic heterocycles. The summed E-state index contributed by atoms with van der Waals surface area (Å²) < 4.78 is 34.3. The van der Waals surface area contributed by atoms with Crippen molar-refractivity contribution in [1.29, 1.82) is 0 Å². The molecule has 28 heavy (non-hydrogen) atoms. The van der Waals surface area contributed by atoms with Gasteiger partial charge in [0.25, 0.3) is 6.01 Å². The number of aromatic nitrogens is 1. The molecule has 4 rings (SSSR count). The summed E-state index contributed by atoms with van der Waals surface area (Å²) in [5.41, 5.74) is 1.71. The molecule has 0 radical (unpaired) electrons. The van der Waals surface area contributed by atoms with Crippen molar-refractivity contribution in [1.82, 2.24) is 4.98 Å². The number of nitrogens with zero attached hydrogens (tertiary/aromatic N) is 1. The molecule has 8 heteroatoms. The molecule has 0 fully saturated rings. The Bertz CT molecular complexity index is 1180. The van der Waals surface area contributed by atoms with Crippen molar-refractivity contribution in [2.24, 2.45) is 0 Å². The molecule has 1 N–H and O–H groups in total. The highest BCUT2D eigenvalue weighted by Gasteiger charge is 2.22. The van der Waals surface area contributed by atoms with Crippen LogP contribution in [0.15, 0.2) is 59.0 Å². The van der Waals surface area contributed by atoms with Gasteiger partial charge in [-0.1, -0.05) is 46.9 Å². The van der Waals surface area contributed by atoms with Crippen molar-refractivity contribution in [2.45, 2.75) is 6.04 Å². The molecule has 0 bridgehead atoms. The third-order valence-electron chi connectivity index (χ3n) is 4.17. The van der Waals surface area contributed by atoms with Gasteiger partial charge in [-0.3, -0.25) is 0 Å². The van der Waals surface area contributed by atoms with Crippen LogP contribution >= 0.6 is 34.8 Å². The van der Waals surface area contributed by atoms with Crippen LogP contribution in [-0.4, -0.2) is 4.98 Å². The molecule has 0 amide bonds. The fraction of sp³-hybridized carbons (Fsp3) is 0.0500. The van der Waals surface area contributed by atoms with Crippen LogP contribution in [0.25, 0.3) is 11.1 Å². The fourth-order valence-electron chi connectivity index (χ4n) is 2.85. The first-order valence-electron chi connectivity index (χ1n) is 8.13. The molecule has 0 saturated heterocycles. The van der Waals surface area contributed by atoms with Crippen LogP contribution in [0.4, 0.5) is 14.8 Å². The van der Waals surface area contributed by atoms with E-state index in [4.69, 9.17) is 39.2 Å². The van der Waals surface area contributed by atoms with E-state index >= 15 is 0 Å². The van der Waals surface area contributed by atoms with Crippen LogP contribution in [0.2, 0.25) is 15.1 Å². The van der Waals surface area contributed by atoms with Gasteiger partial charge in [-0.25, -0.2) is 8.78 Å². The first kappa shape index (κ1) is 19.0. The second-order valence-corrected chi connectivity index (χ2v) is 7.33. The van der Waals surface area contributed by atoms with Crippen molar-refractivity contribution in [3.8, 4) is 0 Å². The number of halogens is 5. The lowest BCUT2D eigenvalue weighted by Gasteiger charge is -2.19. The van der Waals surface area contributed by atoms with E-state index in [2.05, 4.69) is 10.3 Å². The zero-order valence-electron chi connectivity index (χ0n) is 14.0. The van der Waals surface area contributed by atoms with Crippen molar-refractivity contribution >= 4 is 51.9 Å². The minimum atomic E-state index is -0.799. The van der Waals surface area contributed by atoms with Gasteiger partial charge in [-0.05, 0) is 42.0 Å². The van der Waals surface area contributed by atoms with Crippen LogP contribution in [0.5, 0.6) is 0 Å². The highest BCUT2D eigenvalue weighted by molar-refractivity contribution is 6.31. The van der Waals surface area contributed by atoms with E-state index in [0.29, 0.717) is 21.7 Å². The summed E-state index contributed by atoms with van der Waals surface area (Å²) in [7, 11) is 0. The zero-order chi connectivity index (χ0) is 19.8. The molecule has 4 aromatic rings. The molecule has 0 aliphatic heterocycles. The van der Waals surface area contributed by atoms with Crippen LogP contribution in [0.1, 0.15) is 17.2 Å². The number of anilines is 1. The maximum Gasteiger partial charge on any atom is 0.296 e. The van der Waals surface area contributed by atoms with Gasteiger partial charge in [0.2, 0.25) is 0 Å². The summed E-state index contributed by atoms with van der Waals surface area (Å²) in [6.45, 7) is 0. The molecule has 0 unspecified atom stereocenters. The van der Waals surface area contributed by atoms with Crippen LogP contribution in [0, 0.1) is 11.6 Å². The highest BCUT2D eigenvalue weighted by Crippen LogP contribution is 2.32. The number of oxazole rings is 1. The second kappa shape index (κ2) is 7.59. The largest absolute Gasteiger partial charge is 0.423 e. The summed E-state index contributed by atoms with van der Waals surface area (Å²) in [5, 5.41) is 3.73. The third-order valence-corrected chi connectivity index (χ3v) is 4.95. The van der Waals surface area contributed by atoms with E-state index in [9.17, 15) is 8.78 Å². The molecule has 0 saturated carbocycles. The van der Waals surface area contributed by atoms with Gasteiger partial charge in [0.15, 0.2) is 5.58 Å². The van der Waals surface area contributed by atoms with Crippen molar-refractivity contribution < 1.29 is 13.2 Å². The maximum absolute atomic E-state index is 14.6. The number of rotatable bonds is 4. The predicted octanol–water partition coefficient (Wildman–Crippen LogP) is 7.27. The van der Waals surface area contributed by atoms with Crippen molar-refractivity contribution in [2.75, 3.05) is 5.32 Å². The Labute approximate surface area is 173 Å². The molecule has 0 aliphatic rings. The predicted molar refractivity (Wildman–Crippen MR) is 107 cm³/mol. The van der Waals surface area contributed by atoms with E-state index in [-0.39, 0.29) is 21.6 Å². The molecular weight excluding hydrogens is 429 g/mol. The van der Waals surface area contributed by atoms with E-state index in [1.54, 1.807) is 30.3 Å². The summed E-state index contributed by atoms with van der Waals surface area (Å²) in [6.07, 6.45) is 0. The molecular formula is C20H11Cl3F2N2O. The number of fused-ring (bicyclic) bond motifs is 1. The first-order valence-corrected chi connectivity index (χ1v) is 9.26. The van der Waals surface area contributed by atoms with Gasteiger partial charge in [0.05, 0.1) is 11.1 Å². The summed E-state index contributed by atoms with van der Waals surface area (Å²) >= 11 is 17.6. The van der Waals surface area contributed by atoms with Gasteiger partial charge < -0.3 is 9.73 Å². The van der Waals surface area contributed by atoms with Crippen LogP contribution in [-0.2, 0) is 0 Å². The van der Waals surface area contributed by atoms with Crippen molar-refractivity contribution in [3.05, 3.63) is 92.4 Å². The Hall–Kier alpha value is -2.34. The molecule has 0 spiro atoms. The number of hydrogen-bond donors (Lipinski definition) is 1. The standard InChI is InChI=1S/C20H11Cl3F2N2O/c21-11-2-4-13(15(24)8-11)19(10-1-5-14(23)16(25)7-10)27-20-26-17-6-3-12(22)9-18(17)28-20/h1-9,19H,(H,26,27)/t19-/m0/s1. The van der Waals surface area contributed by atoms with Gasteiger partial charge in [0, 0.05) is 21.7 Å². The Morgan fingerprint density at radius 3 is 2.36 bits per heavy atom. The van der Waals surface area contributed by atoms with E-state index in [1.165, 1.54) is 24.3 Å². The van der Waals surface area contributed by atoms with Gasteiger partial charge in [0.1, 0.15) is 17.2 Å². The third kappa shape index (κ3) is 3.78. The lowest BCUT2D eigenvalue weighted by atomic mass is 9.98. The Morgan fingerprint density at radius 1 is 0.857 bits per heavy atom. The first-order chi connectivity index (χ1) is 13.4. The topological polar surface area (TPSA) is 38.1 Å². The normalized spacial score (nSPS) is 12.3. The summed E-state index contributed by atoms with van der Waals surface area (Å²) in [4.78, 5) is 4.33. The zero-order valence-corrected chi connectivity index (χ0v) is 16.3. The Balaban J connectivity index is 1.80. The smallest absolute Gasteiger partial charge is 0.296 e. The molecule has 1 atom stereocenters. The van der Waals surface area contributed by atoms with E-state index in [1.807, 2.05) is 0 Å². The van der Waals surface area contributed by atoms with E-state index < -0.39 is 17.7 Å². The van der Waals surface area contributed by atoms with Crippen LogP contribution in [0.3, 0.4) is 0 Å². The lowest BCUT2D eigenvalue weighted by Crippen LogP contribution is -2.14. The molecule has 1 heterocycles. The maximum atomic E-state index is 14.6. The lowest BCUT2D eigenvalue weighted by molar-refractivity contribution is 0.584. The second-order valence-electron chi connectivity index (χ2n) is 6.05. The monoisotopic (exact) mass is 438 g/mol. The highest BCUT2D eigenvalue weighted by atomic mass is 35.5.